The maximum absolute atomic E-state index is 12.9. The van der Waals surface area contributed by atoms with Crippen LogP contribution in [-0.2, 0) is 17.8 Å². The number of ether oxygens (including phenoxy) is 2. The summed E-state index contributed by atoms with van der Waals surface area (Å²) in [5.41, 5.74) is 2.91. The normalized spacial score (nSPS) is 23.0. The van der Waals surface area contributed by atoms with Crippen molar-refractivity contribution in [3.8, 4) is 5.75 Å². The Morgan fingerprint density at radius 2 is 1.96 bits per heavy atom. The number of fused-ring (bicyclic) bond motifs is 1. The van der Waals surface area contributed by atoms with Crippen molar-refractivity contribution in [3.63, 3.8) is 0 Å². The van der Waals surface area contributed by atoms with E-state index in [4.69, 9.17) is 13.9 Å². The first kappa shape index (κ1) is 19.0. The van der Waals surface area contributed by atoms with E-state index in [1.807, 2.05) is 17.9 Å². The highest BCUT2D eigenvalue weighted by molar-refractivity contribution is 5.95. The number of nitrogens with zero attached hydrogens (tertiary/aromatic N) is 2. The highest BCUT2D eigenvalue weighted by Gasteiger charge is 2.25. The van der Waals surface area contributed by atoms with E-state index in [0.29, 0.717) is 31.0 Å². The van der Waals surface area contributed by atoms with Crippen molar-refractivity contribution in [3.05, 3.63) is 53.0 Å². The van der Waals surface area contributed by atoms with Crippen molar-refractivity contribution in [2.24, 2.45) is 0 Å². The second kappa shape index (κ2) is 7.97. The lowest BCUT2D eigenvalue weighted by Crippen LogP contribution is -2.44. The van der Waals surface area contributed by atoms with Gasteiger partial charge in [0, 0.05) is 31.7 Å². The predicted molar refractivity (Wildman–Crippen MR) is 105 cm³/mol. The van der Waals surface area contributed by atoms with Crippen LogP contribution in [0.25, 0.3) is 0 Å². The molecule has 2 aliphatic rings. The molecule has 1 fully saturated rings. The quantitative estimate of drug-likeness (QED) is 0.813. The number of rotatable bonds is 3. The average molecular weight is 384 g/mol. The molecule has 6 nitrogen and oxygen atoms in total. The van der Waals surface area contributed by atoms with Gasteiger partial charge in [0.1, 0.15) is 18.1 Å². The third-order valence-corrected chi connectivity index (χ3v) is 5.38. The van der Waals surface area contributed by atoms with Crippen molar-refractivity contribution in [2.75, 3.05) is 26.2 Å². The molecule has 0 unspecified atom stereocenters. The fourth-order valence-corrected chi connectivity index (χ4v) is 4.17. The van der Waals surface area contributed by atoms with Gasteiger partial charge in [-0.05, 0) is 44.5 Å². The lowest BCUT2D eigenvalue weighted by Gasteiger charge is -2.35. The van der Waals surface area contributed by atoms with E-state index in [-0.39, 0.29) is 18.1 Å². The fourth-order valence-electron chi connectivity index (χ4n) is 4.17. The van der Waals surface area contributed by atoms with E-state index >= 15 is 0 Å². The van der Waals surface area contributed by atoms with Crippen LogP contribution in [0.5, 0.6) is 5.75 Å². The molecule has 28 heavy (non-hydrogen) atoms. The summed E-state index contributed by atoms with van der Waals surface area (Å²) in [6.45, 7) is 10.4. The number of furan rings is 1. The molecular weight excluding hydrogens is 356 g/mol. The molecule has 1 saturated heterocycles. The Bertz CT molecular complexity index is 837. The first-order valence-corrected chi connectivity index (χ1v) is 9.95. The smallest absolute Gasteiger partial charge is 0.257 e. The van der Waals surface area contributed by atoms with Crippen LogP contribution in [-0.4, -0.2) is 54.2 Å². The molecule has 6 heteroatoms. The Hall–Kier alpha value is -2.31. The van der Waals surface area contributed by atoms with Crippen molar-refractivity contribution in [2.45, 2.75) is 46.1 Å². The number of aryl methyl sites for hydroxylation is 1. The monoisotopic (exact) mass is 384 g/mol. The van der Waals surface area contributed by atoms with Gasteiger partial charge >= 0.3 is 0 Å². The minimum atomic E-state index is -0.0102. The van der Waals surface area contributed by atoms with Gasteiger partial charge in [0.05, 0.1) is 30.6 Å². The van der Waals surface area contributed by atoms with Crippen LogP contribution in [0.2, 0.25) is 0 Å². The topological polar surface area (TPSA) is 55.2 Å². The third kappa shape index (κ3) is 4.08. The van der Waals surface area contributed by atoms with Gasteiger partial charge in [0.15, 0.2) is 0 Å². The van der Waals surface area contributed by atoms with Crippen LogP contribution >= 0.6 is 0 Å². The van der Waals surface area contributed by atoms with Gasteiger partial charge in [0.25, 0.3) is 5.91 Å². The maximum Gasteiger partial charge on any atom is 0.257 e. The largest absolute Gasteiger partial charge is 0.491 e. The van der Waals surface area contributed by atoms with Crippen molar-refractivity contribution >= 4 is 5.91 Å². The van der Waals surface area contributed by atoms with Gasteiger partial charge in [-0.25, -0.2) is 0 Å². The number of hydrogen-bond donors (Lipinski definition) is 0. The number of carbonyl (C=O) groups is 1. The van der Waals surface area contributed by atoms with Gasteiger partial charge in [-0.1, -0.05) is 6.07 Å². The van der Waals surface area contributed by atoms with Crippen LogP contribution in [0.3, 0.4) is 0 Å². The summed E-state index contributed by atoms with van der Waals surface area (Å²) in [4.78, 5) is 17.2. The van der Waals surface area contributed by atoms with Gasteiger partial charge in [-0.3, -0.25) is 9.69 Å². The first-order chi connectivity index (χ1) is 13.5. The van der Waals surface area contributed by atoms with Crippen molar-refractivity contribution < 1.29 is 18.7 Å². The molecule has 3 heterocycles. The van der Waals surface area contributed by atoms with Crippen molar-refractivity contribution in [1.29, 1.82) is 0 Å². The van der Waals surface area contributed by atoms with Crippen molar-refractivity contribution in [1.82, 2.24) is 9.80 Å². The van der Waals surface area contributed by atoms with E-state index in [2.05, 4.69) is 30.9 Å². The van der Waals surface area contributed by atoms with Crippen LogP contribution in [0.4, 0.5) is 0 Å². The Morgan fingerprint density at radius 3 is 2.68 bits per heavy atom. The molecule has 1 aromatic carbocycles. The number of benzene rings is 1. The Morgan fingerprint density at radius 1 is 1.18 bits per heavy atom. The highest BCUT2D eigenvalue weighted by Crippen LogP contribution is 2.27. The standard InChI is InChI=1S/C22H28N2O4/c1-15-11-23(12-16(2)28-15)13-18-4-5-21-19(10-18)14-24(7-9-27-21)22(25)20-6-8-26-17(20)3/h4-6,8,10,15-16H,7,9,11-14H2,1-3H3/t15-,16+. The maximum atomic E-state index is 12.9. The summed E-state index contributed by atoms with van der Waals surface area (Å²) in [6.07, 6.45) is 2.06. The van der Waals surface area contributed by atoms with E-state index in [1.165, 1.54) is 5.56 Å². The molecule has 4 rings (SSSR count). The zero-order chi connectivity index (χ0) is 19.7. The minimum absolute atomic E-state index is 0.0102. The van der Waals surface area contributed by atoms with Crippen LogP contribution in [0.1, 0.15) is 41.1 Å². The molecule has 2 aliphatic heterocycles. The van der Waals surface area contributed by atoms with Gasteiger partial charge in [0.2, 0.25) is 0 Å². The molecule has 150 valence electrons. The Labute approximate surface area is 166 Å². The van der Waals surface area contributed by atoms with E-state index in [9.17, 15) is 4.79 Å². The Balaban J connectivity index is 1.51. The molecule has 1 aromatic heterocycles. The zero-order valence-corrected chi connectivity index (χ0v) is 16.8. The van der Waals surface area contributed by atoms with Crippen LogP contribution in [0.15, 0.2) is 34.9 Å². The lowest BCUT2D eigenvalue weighted by atomic mass is 10.1. The lowest BCUT2D eigenvalue weighted by molar-refractivity contribution is -0.0705. The highest BCUT2D eigenvalue weighted by atomic mass is 16.5. The molecule has 1 amide bonds. The summed E-state index contributed by atoms with van der Waals surface area (Å²) in [7, 11) is 0. The summed E-state index contributed by atoms with van der Waals surface area (Å²) in [5.74, 6) is 1.51. The second-order valence-electron chi connectivity index (χ2n) is 7.86. The molecule has 2 aromatic rings. The molecular formula is C22H28N2O4. The first-order valence-electron chi connectivity index (χ1n) is 9.95. The van der Waals surface area contributed by atoms with Gasteiger partial charge in [-0.2, -0.15) is 0 Å². The van der Waals surface area contributed by atoms with Crippen LogP contribution < -0.4 is 4.74 Å². The summed E-state index contributed by atoms with van der Waals surface area (Å²) in [6, 6.07) is 8.08. The molecule has 0 radical (unpaired) electrons. The number of morpholine rings is 1. The number of amides is 1. The van der Waals surface area contributed by atoms with E-state index in [1.54, 1.807) is 12.3 Å². The Kier molecular flexibility index (Phi) is 5.42. The van der Waals surface area contributed by atoms with Gasteiger partial charge < -0.3 is 18.8 Å². The molecule has 0 N–H and O–H groups in total. The zero-order valence-electron chi connectivity index (χ0n) is 16.8. The number of hydrogen-bond acceptors (Lipinski definition) is 5. The minimum Gasteiger partial charge on any atom is -0.491 e. The summed E-state index contributed by atoms with van der Waals surface area (Å²) < 4.78 is 17.0. The summed E-state index contributed by atoms with van der Waals surface area (Å²) in [5, 5.41) is 0. The number of carbonyl (C=O) groups excluding carboxylic acids is 1. The predicted octanol–water partition coefficient (Wildman–Crippen LogP) is 3.23. The summed E-state index contributed by atoms with van der Waals surface area (Å²) >= 11 is 0. The van der Waals surface area contributed by atoms with E-state index < -0.39 is 0 Å². The van der Waals surface area contributed by atoms with E-state index in [0.717, 1.165) is 30.9 Å². The molecule has 0 saturated carbocycles. The molecule has 2 atom stereocenters. The average Bonchev–Trinajstić information content (AvgIpc) is 2.95. The molecule has 0 aliphatic carbocycles. The fraction of sp³-hybridized carbons (Fsp3) is 0.500. The third-order valence-electron chi connectivity index (χ3n) is 5.38. The SMILES string of the molecule is Cc1occc1C(=O)N1CCOc2ccc(CN3C[C@@H](C)O[C@@H](C)C3)cc2C1. The second-order valence-corrected chi connectivity index (χ2v) is 7.86. The van der Waals surface area contributed by atoms with Crippen LogP contribution in [0, 0.1) is 6.92 Å². The molecule has 0 bridgehead atoms. The molecule has 0 spiro atoms. The van der Waals surface area contributed by atoms with Gasteiger partial charge in [-0.15, -0.1) is 0 Å².